The fourth-order valence-corrected chi connectivity index (χ4v) is 5.53. The first kappa shape index (κ1) is 17.4. The van der Waals surface area contributed by atoms with Gasteiger partial charge in [-0.3, -0.25) is 4.90 Å². The first-order valence-corrected chi connectivity index (χ1v) is 9.90. The maximum atomic E-state index is 5.88. The van der Waals surface area contributed by atoms with Crippen LogP contribution in [0.2, 0.25) is 6.04 Å². The van der Waals surface area contributed by atoms with Crippen molar-refractivity contribution in [3.63, 3.8) is 0 Å². The van der Waals surface area contributed by atoms with Crippen LogP contribution in [0.4, 0.5) is 0 Å². The summed E-state index contributed by atoms with van der Waals surface area (Å²) in [7, 11) is 1.21. The first-order chi connectivity index (χ1) is 10.7. The van der Waals surface area contributed by atoms with Gasteiger partial charge in [0.15, 0.2) is 0 Å². The number of hydrogen-bond acceptors (Lipinski definition) is 4. The van der Waals surface area contributed by atoms with E-state index in [1.54, 1.807) is 14.2 Å². The molecule has 0 atom stereocenters. The molecule has 2 rings (SSSR count). The summed E-state index contributed by atoms with van der Waals surface area (Å²) in [5, 5.41) is 1.19. The highest BCUT2D eigenvalue weighted by Gasteiger charge is 2.37. The lowest BCUT2D eigenvalue weighted by Crippen LogP contribution is -2.52. The second kappa shape index (κ2) is 8.60. The molecule has 0 saturated carbocycles. The van der Waals surface area contributed by atoms with Gasteiger partial charge in [0, 0.05) is 27.3 Å². The van der Waals surface area contributed by atoms with Gasteiger partial charge in [0.2, 0.25) is 0 Å². The topological polar surface area (TPSA) is 30.9 Å². The molecule has 1 aliphatic rings. The van der Waals surface area contributed by atoms with Gasteiger partial charge in [-0.2, -0.15) is 0 Å². The van der Waals surface area contributed by atoms with E-state index >= 15 is 0 Å². The van der Waals surface area contributed by atoms with Gasteiger partial charge in [0.25, 0.3) is 0 Å². The van der Waals surface area contributed by atoms with E-state index in [9.17, 15) is 0 Å². The second-order valence-corrected chi connectivity index (χ2v) is 8.94. The molecule has 22 heavy (non-hydrogen) atoms. The normalized spacial score (nSPS) is 16.6. The van der Waals surface area contributed by atoms with E-state index in [1.165, 1.54) is 5.19 Å². The number of benzene rings is 1. The molecule has 0 spiro atoms. The number of hydrogen-bond donors (Lipinski definition) is 0. The number of ether oxygens (including phenoxy) is 1. The van der Waals surface area contributed by atoms with Crippen LogP contribution < -0.4 is 5.19 Å². The number of rotatable bonds is 8. The average molecular weight is 321 g/mol. The zero-order valence-corrected chi connectivity index (χ0v) is 14.7. The molecule has 0 aromatic heterocycles. The van der Waals surface area contributed by atoms with Crippen LogP contribution in [0.25, 0.3) is 6.08 Å². The molecule has 0 aliphatic carbocycles. The Kier molecular flexibility index (Phi) is 6.79. The molecule has 4 nitrogen and oxygen atoms in total. The van der Waals surface area contributed by atoms with E-state index in [-0.39, 0.29) is 0 Å². The summed E-state index contributed by atoms with van der Waals surface area (Å²) >= 11 is 0. The Labute approximate surface area is 134 Å². The lowest BCUT2D eigenvalue weighted by atomic mass is 10.2. The van der Waals surface area contributed by atoms with Crippen molar-refractivity contribution in [2.75, 3.05) is 47.1 Å². The summed E-state index contributed by atoms with van der Waals surface area (Å²) in [6, 6.07) is 9.34. The van der Waals surface area contributed by atoms with Crippen LogP contribution in [-0.2, 0) is 13.6 Å². The Balaban J connectivity index is 1.98. The van der Waals surface area contributed by atoms with Crippen molar-refractivity contribution in [1.29, 1.82) is 0 Å². The summed E-state index contributed by atoms with van der Waals surface area (Å²) in [5.41, 5.74) is 1.12. The van der Waals surface area contributed by atoms with E-state index in [1.807, 2.05) is 6.08 Å². The largest absolute Gasteiger partial charge is 0.394 e. The van der Waals surface area contributed by atoms with Gasteiger partial charge in [0.05, 0.1) is 13.2 Å². The molecule has 1 aromatic rings. The van der Waals surface area contributed by atoms with Gasteiger partial charge in [-0.1, -0.05) is 36.9 Å². The van der Waals surface area contributed by atoms with Crippen molar-refractivity contribution in [3.05, 3.63) is 36.4 Å². The van der Waals surface area contributed by atoms with Gasteiger partial charge < -0.3 is 13.6 Å². The monoisotopic (exact) mass is 321 g/mol. The third-order valence-electron chi connectivity index (χ3n) is 4.33. The average Bonchev–Trinajstić information content (AvgIpc) is 2.60. The molecule has 0 unspecified atom stereocenters. The van der Waals surface area contributed by atoms with Crippen molar-refractivity contribution < 1.29 is 13.6 Å². The first-order valence-electron chi connectivity index (χ1n) is 7.87. The minimum Gasteiger partial charge on any atom is -0.394 e. The van der Waals surface area contributed by atoms with Gasteiger partial charge >= 0.3 is 8.56 Å². The molecule has 122 valence electrons. The molecule has 0 amide bonds. The number of morpholine rings is 1. The summed E-state index contributed by atoms with van der Waals surface area (Å²) in [4.78, 5) is 2.45. The molecule has 0 radical (unpaired) electrons. The molecule has 1 fully saturated rings. The lowest BCUT2D eigenvalue weighted by Gasteiger charge is -2.30. The summed E-state index contributed by atoms with van der Waals surface area (Å²) < 4.78 is 17.2. The Morgan fingerprint density at radius 3 is 2.36 bits per heavy atom. The Bertz CT molecular complexity index is 453. The van der Waals surface area contributed by atoms with Crippen LogP contribution in [0.15, 0.2) is 30.8 Å². The summed E-state index contributed by atoms with van der Waals surface area (Å²) in [6.07, 6.45) is 2.93. The fraction of sp³-hybridized carbons (Fsp3) is 0.529. The Morgan fingerprint density at radius 2 is 1.82 bits per heavy atom. The summed E-state index contributed by atoms with van der Waals surface area (Å²) in [6.45, 7) is 8.63. The third-order valence-corrected chi connectivity index (χ3v) is 7.87. The molecule has 1 saturated heterocycles. The van der Waals surface area contributed by atoms with Crippen molar-refractivity contribution in [1.82, 2.24) is 4.90 Å². The van der Waals surface area contributed by atoms with Crippen LogP contribution in [0.3, 0.4) is 0 Å². The van der Waals surface area contributed by atoms with Gasteiger partial charge in [-0.05, 0) is 29.8 Å². The molecule has 1 aromatic carbocycles. The van der Waals surface area contributed by atoms with E-state index in [2.05, 4.69) is 35.7 Å². The highest BCUT2D eigenvalue weighted by Crippen LogP contribution is 2.16. The van der Waals surface area contributed by atoms with Crippen LogP contribution >= 0.6 is 0 Å². The molecular weight excluding hydrogens is 294 g/mol. The quantitative estimate of drug-likeness (QED) is 0.685. The molecule has 0 N–H and O–H groups in total. The van der Waals surface area contributed by atoms with E-state index in [0.29, 0.717) is 0 Å². The lowest BCUT2D eigenvalue weighted by molar-refractivity contribution is 0.0377. The van der Waals surface area contributed by atoms with Gasteiger partial charge in [-0.25, -0.2) is 0 Å². The van der Waals surface area contributed by atoms with Gasteiger partial charge in [-0.15, -0.1) is 0 Å². The Morgan fingerprint density at radius 1 is 1.18 bits per heavy atom. The predicted molar refractivity (Wildman–Crippen MR) is 92.6 cm³/mol. The molecule has 1 heterocycles. The Hall–Kier alpha value is -0.983. The van der Waals surface area contributed by atoms with Crippen molar-refractivity contribution >= 4 is 19.8 Å². The smallest absolute Gasteiger partial charge is 0.372 e. The van der Waals surface area contributed by atoms with E-state index in [4.69, 9.17) is 13.6 Å². The maximum Gasteiger partial charge on any atom is 0.372 e. The zero-order chi connectivity index (χ0) is 15.8. The van der Waals surface area contributed by atoms with Crippen LogP contribution in [0, 0.1) is 0 Å². The fourth-order valence-electron chi connectivity index (χ4n) is 2.90. The molecule has 5 heteroatoms. The highest BCUT2D eigenvalue weighted by molar-refractivity contribution is 6.81. The van der Waals surface area contributed by atoms with Crippen LogP contribution in [-0.4, -0.2) is 60.5 Å². The molecule has 0 bridgehead atoms. The summed E-state index contributed by atoms with van der Waals surface area (Å²) in [5.74, 6) is 0. The van der Waals surface area contributed by atoms with E-state index < -0.39 is 8.56 Å². The number of nitrogens with zero attached hydrogens (tertiary/aromatic N) is 1. The minimum absolute atomic E-state index is 0.847. The standard InChI is InChI=1S/C17H27NO3Si/c1-4-16-6-8-17(9-7-16)22(19-2,20-3)15-5-10-18-11-13-21-14-12-18/h4,6-9H,1,5,10-15H2,2-3H3. The third kappa shape index (κ3) is 4.27. The zero-order valence-electron chi connectivity index (χ0n) is 13.7. The molecule has 1 aliphatic heterocycles. The van der Waals surface area contributed by atoms with Crippen molar-refractivity contribution in [2.45, 2.75) is 12.5 Å². The van der Waals surface area contributed by atoms with Crippen LogP contribution in [0.1, 0.15) is 12.0 Å². The second-order valence-electron chi connectivity index (χ2n) is 5.54. The SMILES string of the molecule is C=Cc1ccc([Si](CCCN2CCOCC2)(OC)OC)cc1. The molecular formula is C17H27NO3Si. The minimum atomic E-state index is -2.33. The maximum absolute atomic E-state index is 5.88. The van der Waals surface area contributed by atoms with Crippen molar-refractivity contribution in [3.8, 4) is 0 Å². The van der Waals surface area contributed by atoms with Crippen molar-refractivity contribution in [2.24, 2.45) is 0 Å². The predicted octanol–water partition coefficient (Wildman–Crippen LogP) is 1.99. The highest BCUT2D eigenvalue weighted by atomic mass is 28.4. The van der Waals surface area contributed by atoms with E-state index in [0.717, 1.165) is 50.9 Å². The van der Waals surface area contributed by atoms with Gasteiger partial charge in [0.1, 0.15) is 0 Å². The van der Waals surface area contributed by atoms with Crippen LogP contribution in [0.5, 0.6) is 0 Å².